The molecule has 4 nitrogen and oxygen atoms in total. The Balaban J connectivity index is 3.43. The third kappa shape index (κ3) is 5.94. The zero-order valence-electron chi connectivity index (χ0n) is 8.91. The number of unbranched alkanes of at least 4 members (excludes halogenated alkanes) is 4. The van der Waals surface area contributed by atoms with E-state index in [1.54, 1.807) is 0 Å². The molecule has 84 valence electrons. The summed E-state index contributed by atoms with van der Waals surface area (Å²) >= 11 is 0. The quantitative estimate of drug-likeness (QED) is 0.501. The Labute approximate surface area is 85.7 Å². The summed E-state index contributed by atoms with van der Waals surface area (Å²) in [5.41, 5.74) is 10.5. The molecule has 0 aliphatic rings. The van der Waals surface area contributed by atoms with E-state index >= 15 is 0 Å². The number of nitrogens with two attached hydrogens (primary N) is 2. The highest BCUT2D eigenvalue weighted by atomic mass is 16.3. The smallest absolute Gasteiger partial charge is 0.247 e. The van der Waals surface area contributed by atoms with Gasteiger partial charge in [0.25, 0.3) is 0 Å². The van der Waals surface area contributed by atoms with Crippen LogP contribution in [-0.2, 0) is 4.79 Å². The third-order valence-corrected chi connectivity index (χ3v) is 2.34. The number of hydrogen-bond donors (Lipinski definition) is 3. The average molecular weight is 202 g/mol. The molecule has 0 rings (SSSR count). The lowest BCUT2D eigenvalue weighted by atomic mass is 10.0. The van der Waals surface area contributed by atoms with Gasteiger partial charge in [-0.05, 0) is 6.42 Å². The van der Waals surface area contributed by atoms with Crippen molar-refractivity contribution >= 4 is 5.91 Å². The van der Waals surface area contributed by atoms with Crippen molar-refractivity contribution in [3.05, 3.63) is 0 Å². The van der Waals surface area contributed by atoms with Crippen molar-refractivity contribution in [2.75, 3.05) is 0 Å². The summed E-state index contributed by atoms with van der Waals surface area (Å²) in [6, 6.07) is -0.505. The molecule has 0 unspecified atom stereocenters. The highest BCUT2D eigenvalue weighted by Crippen LogP contribution is 2.07. The Morgan fingerprint density at radius 2 is 1.86 bits per heavy atom. The molecular weight excluding hydrogens is 180 g/mol. The molecule has 0 aromatic heterocycles. The van der Waals surface area contributed by atoms with Crippen LogP contribution in [0.15, 0.2) is 0 Å². The number of rotatable bonds is 8. The van der Waals surface area contributed by atoms with Crippen molar-refractivity contribution < 1.29 is 9.90 Å². The molecule has 0 saturated heterocycles. The molecule has 0 saturated carbocycles. The fraction of sp³-hybridized carbons (Fsp3) is 0.900. The minimum atomic E-state index is -1.19. The maximum absolute atomic E-state index is 10.6. The van der Waals surface area contributed by atoms with E-state index in [0.717, 1.165) is 12.8 Å². The fourth-order valence-corrected chi connectivity index (χ4v) is 1.35. The fourth-order valence-electron chi connectivity index (χ4n) is 1.35. The van der Waals surface area contributed by atoms with Crippen molar-refractivity contribution in [2.45, 2.75) is 57.6 Å². The van der Waals surface area contributed by atoms with Gasteiger partial charge >= 0.3 is 0 Å². The van der Waals surface area contributed by atoms with Crippen LogP contribution in [0.25, 0.3) is 0 Å². The van der Waals surface area contributed by atoms with Crippen LogP contribution in [0, 0.1) is 0 Å². The number of hydrogen-bond acceptors (Lipinski definition) is 3. The minimum Gasteiger partial charge on any atom is -0.382 e. The first-order valence-corrected chi connectivity index (χ1v) is 5.32. The van der Waals surface area contributed by atoms with Gasteiger partial charge in [0.05, 0.1) is 0 Å². The first-order valence-electron chi connectivity index (χ1n) is 5.32. The van der Waals surface area contributed by atoms with Gasteiger partial charge in [0.1, 0.15) is 6.10 Å². The number of carbonyl (C=O) groups is 1. The second kappa shape index (κ2) is 7.76. The number of aliphatic hydroxyl groups is 1. The molecule has 1 amide bonds. The molecule has 0 radical (unpaired) electrons. The number of primary amides is 1. The molecule has 5 N–H and O–H groups in total. The van der Waals surface area contributed by atoms with Crippen LogP contribution in [0.1, 0.15) is 45.4 Å². The van der Waals surface area contributed by atoms with Crippen LogP contribution in [-0.4, -0.2) is 23.2 Å². The van der Waals surface area contributed by atoms with E-state index in [-0.39, 0.29) is 0 Å². The summed E-state index contributed by atoms with van der Waals surface area (Å²) in [5, 5.41) is 9.20. The molecule has 0 aromatic rings. The molecular formula is C10H22N2O2. The monoisotopic (exact) mass is 202 g/mol. The van der Waals surface area contributed by atoms with Gasteiger partial charge in [-0.15, -0.1) is 0 Å². The molecule has 14 heavy (non-hydrogen) atoms. The van der Waals surface area contributed by atoms with Gasteiger partial charge in [-0.2, -0.15) is 0 Å². The van der Waals surface area contributed by atoms with Crippen molar-refractivity contribution in [3.63, 3.8) is 0 Å². The van der Waals surface area contributed by atoms with Gasteiger partial charge in [-0.1, -0.05) is 39.0 Å². The largest absolute Gasteiger partial charge is 0.382 e. The maximum atomic E-state index is 10.6. The zero-order chi connectivity index (χ0) is 11.0. The predicted octanol–water partition coefficient (Wildman–Crippen LogP) is 0.520. The predicted molar refractivity (Wildman–Crippen MR) is 56.6 cm³/mol. The molecule has 0 spiro atoms. The van der Waals surface area contributed by atoms with Crippen molar-refractivity contribution in [1.82, 2.24) is 0 Å². The van der Waals surface area contributed by atoms with Crippen molar-refractivity contribution in [3.8, 4) is 0 Å². The molecule has 0 aliphatic heterocycles. The molecule has 0 aliphatic carbocycles. The lowest BCUT2D eigenvalue weighted by Gasteiger charge is -2.15. The van der Waals surface area contributed by atoms with Crippen LogP contribution in [0.2, 0.25) is 0 Å². The second-order valence-electron chi connectivity index (χ2n) is 3.71. The van der Waals surface area contributed by atoms with E-state index in [1.165, 1.54) is 19.3 Å². The summed E-state index contributed by atoms with van der Waals surface area (Å²) < 4.78 is 0. The van der Waals surface area contributed by atoms with Gasteiger partial charge in [0.15, 0.2) is 0 Å². The summed E-state index contributed by atoms with van der Waals surface area (Å²) in [5.74, 6) is -0.731. The Kier molecular flexibility index (Phi) is 7.42. The number of aliphatic hydroxyl groups excluding tert-OH is 1. The van der Waals surface area contributed by atoms with Crippen LogP contribution in [0.5, 0.6) is 0 Å². The standard InChI is InChI=1S/C10H22N2O2/c1-2-3-4-5-6-7-8(11)9(13)10(12)14/h8-9,13H,2-7,11H2,1H3,(H2,12,14)/t8-,9+/m1/s1. The third-order valence-electron chi connectivity index (χ3n) is 2.34. The van der Waals surface area contributed by atoms with Gasteiger partial charge in [-0.25, -0.2) is 0 Å². The summed E-state index contributed by atoms with van der Waals surface area (Å²) in [7, 11) is 0. The van der Waals surface area contributed by atoms with E-state index in [2.05, 4.69) is 6.92 Å². The van der Waals surface area contributed by atoms with Gasteiger partial charge in [0, 0.05) is 6.04 Å². The van der Waals surface area contributed by atoms with Crippen LogP contribution < -0.4 is 11.5 Å². The molecule has 0 heterocycles. The minimum absolute atomic E-state index is 0.505. The van der Waals surface area contributed by atoms with Crippen LogP contribution in [0.4, 0.5) is 0 Å². The Hall–Kier alpha value is -0.610. The van der Waals surface area contributed by atoms with Crippen molar-refractivity contribution in [2.24, 2.45) is 11.5 Å². The Bertz CT molecular complexity index is 162. The zero-order valence-corrected chi connectivity index (χ0v) is 8.91. The van der Waals surface area contributed by atoms with Gasteiger partial charge in [-0.3, -0.25) is 4.79 Å². The van der Waals surface area contributed by atoms with E-state index in [0.29, 0.717) is 6.42 Å². The van der Waals surface area contributed by atoms with E-state index in [1.807, 2.05) is 0 Å². The van der Waals surface area contributed by atoms with Crippen LogP contribution >= 0.6 is 0 Å². The van der Waals surface area contributed by atoms with Crippen LogP contribution in [0.3, 0.4) is 0 Å². The van der Waals surface area contributed by atoms with E-state index in [4.69, 9.17) is 11.5 Å². The summed E-state index contributed by atoms with van der Waals surface area (Å²) in [6.07, 6.45) is 5.15. The summed E-state index contributed by atoms with van der Waals surface area (Å²) in [4.78, 5) is 10.6. The first kappa shape index (κ1) is 13.4. The van der Waals surface area contributed by atoms with E-state index < -0.39 is 18.1 Å². The highest BCUT2D eigenvalue weighted by molar-refractivity contribution is 5.79. The highest BCUT2D eigenvalue weighted by Gasteiger charge is 2.19. The molecule has 0 bridgehead atoms. The topological polar surface area (TPSA) is 89.3 Å². The SMILES string of the molecule is CCCCCCC[C@@H](N)[C@H](O)C(N)=O. The number of carbonyl (C=O) groups excluding carboxylic acids is 1. The molecule has 4 heteroatoms. The van der Waals surface area contributed by atoms with Crippen molar-refractivity contribution in [1.29, 1.82) is 0 Å². The first-order chi connectivity index (χ1) is 6.59. The average Bonchev–Trinajstić information content (AvgIpc) is 2.16. The lowest BCUT2D eigenvalue weighted by Crippen LogP contribution is -2.43. The summed E-state index contributed by atoms with van der Waals surface area (Å²) in [6.45, 7) is 2.16. The lowest BCUT2D eigenvalue weighted by molar-refractivity contribution is -0.127. The molecule has 0 fully saturated rings. The normalized spacial score (nSPS) is 15.1. The van der Waals surface area contributed by atoms with Gasteiger partial charge < -0.3 is 16.6 Å². The molecule has 2 atom stereocenters. The van der Waals surface area contributed by atoms with Gasteiger partial charge in [0.2, 0.25) is 5.91 Å². The Morgan fingerprint density at radius 3 is 2.36 bits per heavy atom. The molecule has 0 aromatic carbocycles. The maximum Gasteiger partial charge on any atom is 0.247 e. The second-order valence-corrected chi connectivity index (χ2v) is 3.71. The Morgan fingerprint density at radius 1 is 1.29 bits per heavy atom. The number of amides is 1. The van der Waals surface area contributed by atoms with E-state index in [9.17, 15) is 9.90 Å².